The maximum absolute atomic E-state index is 13.3. The van der Waals surface area contributed by atoms with E-state index >= 15 is 0 Å². The molecule has 0 N–H and O–H groups in total. The van der Waals surface area contributed by atoms with Crippen LogP contribution >= 0.6 is 0 Å². The summed E-state index contributed by atoms with van der Waals surface area (Å²) in [7, 11) is 0. The molecule has 1 aromatic heterocycles. The number of hydrogen-bond acceptors (Lipinski definition) is 2. The van der Waals surface area contributed by atoms with Gasteiger partial charge in [0.2, 0.25) is 0 Å². The highest BCUT2D eigenvalue weighted by atomic mass is 19.1. The van der Waals surface area contributed by atoms with E-state index in [2.05, 4.69) is 23.8 Å². The summed E-state index contributed by atoms with van der Waals surface area (Å²) in [5.74, 6) is 0. The first kappa shape index (κ1) is 10.6. The number of fused-ring (bicyclic) bond motifs is 1. The third-order valence-corrected chi connectivity index (χ3v) is 3.09. The molecular formula is C11H18FN3. The Hall–Kier alpha value is -0.900. The van der Waals surface area contributed by atoms with E-state index in [0.29, 0.717) is 6.04 Å². The lowest BCUT2D eigenvalue weighted by molar-refractivity contribution is 0.168. The third-order valence-electron chi connectivity index (χ3n) is 3.09. The van der Waals surface area contributed by atoms with Crippen LogP contribution in [0.5, 0.6) is 0 Å². The van der Waals surface area contributed by atoms with Gasteiger partial charge in [0.05, 0.1) is 18.4 Å². The topological polar surface area (TPSA) is 21.1 Å². The molecule has 15 heavy (non-hydrogen) atoms. The Morgan fingerprint density at radius 1 is 1.33 bits per heavy atom. The van der Waals surface area contributed by atoms with Crippen LogP contribution in [0.15, 0.2) is 6.20 Å². The Balaban J connectivity index is 2.26. The van der Waals surface area contributed by atoms with Crippen molar-refractivity contribution in [1.29, 1.82) is 0 Å². The number of nitrogens with zero attached hydrogens (tertiary/aromatic N) is 3. The van der Waals surface area contributed by atoms with Crippen molar-refractivity contribution in [2.45, 2.75) is 46.1 Å². The zero-order valence-corrected chi connectivity index (χ0v) is 9.57. The molecule has 0 bridgehead atoms. The Morgan fingerprint density at radius 3 is 2.67 bits per heavy atom. The SMILES string of the molecule is CC(F)c1cnn2c1CN(C(C)C)CC2. The molecule has 0 saturated heterocycles. The highest BCUT2D eigenvalue weighted by Gasteiger charge is 2.23. The molecule has 0 spiro atoms. The van der Waals surface area contributed by atoms with Crippen LogP contribution in [0.2, 0.25) is 0 Å². The van der Waals surface area contributed by atoms with Crippen LogP contribution in [0.3, 0.4) is 0 Å². The van der Waals surface area contributed by atoms with Crippen LogP contribution < -0.4 is 0 Å². The lowest BCUT2D eigenvalue weighted by atomic mass is 10.1. The lowest BCUT2D eigenvalue weighted by Crippen LogP contribution is -2.38. The summed E-state index contributed by atoms with van der Waals surface area (Å²) in [6.45, 7) is 8.62. The minimum absolute atomic E-state index is 0.511. The van der Waals surface area contributed by atoms with E-state index < -0.39 is 6.17 Å². The first-order chi connectivity index (χ1) is 7.09. The fourth-order valence-electron chi connectivity index (χ4n) is 2.06. The van der Waals surface area contributed by atoms with Crippen LogP contribution in [-0.2, 0) is 13.1 Å². The predicted molar refractivity (Wildman–Crippen MR) is 57.3 cm³/mol. The van der Waals surface area contributed by atoms with Gasteiger partial charge in [-0.1, -0.05) is 0 Å². The van der Waals surface area contributed by atoms with Gasteiger partial charge in [-0.15, -0.1) is 0 Å². The average Bonchev–Trinajstić information content (AvgIpc) is 2.59. The minimum Gasteiger partial charge on any atom is -0.293 e. The van der Waals surface area contributed by atoms with Crippen molar-refractivity contribution in [3.05, 3.63) is 17.5 Å². The van der Waals surface area contributed by atoms with Gasteiger partial charge in [0, 0.05) is 24.7 Å². The highest BCUT2D eigenvalue weighted by molar-refractivity contribution is 5.21. The second-order valence-corrected chi connectivity index (χ2v) is 4.45. The number of alkyl halides is 1. The molecule has 3 nitrogen and oxygen atoms in total. The second kappa shape index (κ2) is 3.93. The fraction of sp³-hybridized carbons (Fsp3) is 0.727. The van der Waals surface area contributed by atoms with Crippen molar-refractivity contribution in [3.8, 4) is 0 Å². The van der Waals surface area contributed by atoms with Gasteiger partial charge in [-0.25, -0.2) is 4.39 Å². The first-order valence-corrected chi connectivity index (χ1v) is 5.52. The first-order valence-electron chi connectivity index (χ1n) is 5.52. The summed E-state index contributed by atoms with van der Waals surface area (Å²) in [6, 6.07) is 0.511. The molecule has 1 unspecified atom stereocenters. The summed E-state index contributed by atoms with van der Waals surface area (Å²) < 4.78 is 15.2. The molecular weight excluding hydrogens is 193 g/mol. The number of aromatic nitrogens is 2. The predicted octanol–water partition coefficient (Wildman–Crippen LogP) is 2.14. The highest BCUT2D eigenvalue weighted by Crippen LogP contribution is 2.25. The monoisotopic (exact) mass is 211 g/mol. The number of halogens is 1. The van der Waals surface area contributed by atoms with E-state index in [-0.39, 0.29) is 0 Å². The maximum Gasteiger partial charge on any atom is 0.126 e. The standard InChI is InChI=1S/C11H18FN3/c1-8(2)14-4-5-15-11(7-14)10(6-13-15)9(3)12/h6,8-9H,4-5,7H2,1-3H3. The molecule has 0 aromatic carbocycles. The average molecular weight is 211 g/mol. The molecule has 0 aliphatic carbocycles. The molecule has 1 aliphatic heterocycles. The van der Waals surface area contributed by atoms with E-state index in [0.717, 1.165) is 30.9 Å². The van der Waals surface area contributed by atoms with Crippen molar-refractivity contribution >= 4 is 0 Å². The van der Waals surface area contributed by atoms with Crippen molar-refractivity contribution in [2.75, 3.05) is 6.54 Å². The van der Waals surface area contributed by atoms with Crippen molar-refractivity contribution in [2.24, 2.45) is 0 Å². The van der Waals surface area contributed by atoms with Gasteiger partial charge in [0.1, 0.15) is 6.17 Å². The van der Waals surface area contributed by atoms with E-state index in [1.54, 1.807) is 13.1 Å². The Morgan fingerprint density at radius 2 is 2.07 bits per heavy atom. The molecule has 1 atom stereocenters. The van der Waals surface area contributed by atoms with Crippen molar-refractivity contribution < 1.29 is 4.39 Å². The number of rotatable bonds is 2. The molecule has 0 fully saturated rings. The van der Waals surface area contributed by atoms with Gasteiger partial charge in [-0.05, 0) is 20.8 Å². The van der Waals surface area contributed by atoms with Gasteiger partial charge < -0.3 is 0 Å². The third kappa shape index (κ3) is 1.91. The summed E-state index contributed by atoms with van der Waals surface area (Å²) in [6.07, 6.45) is 0.755. The van der Waals surface area contributed by atoms with Crippen LogP contribution in [0, 0.1) is 0 Å². The van der Waals surface area contributed by atoms with Crippen molar-refractivity contribution in [3.63, 3.8) is 0 Å². The molecule has 1 aromatic rings. The summed E-state index contributed by atoms with van der Waals surface area (Å²) in [5, 5.41) is 4.22. The van der Waals surface area contributed by atoms with E-state index in [1.807, 2.05) is 4.68 Å². The molecule has 2 heterocycles. The minimum atomic E-state index is -0.916. The van der Waals surface area contributed by atoms with Crippen LogP contribution in [-0.4, -0.2) is 27.3 Å². The van der Waals surface area contributed by atoms with Crippen molar-refractivity contribution in [1.82, 2.24) is 14.7 Å². The quantitative estimate of drug-likeness (QED) is 0.747. The van der Waals surface area contributed by atoms with Gasteiger partial charge in [-0.3, -0.25) is 9.58 Å². The normalized spacial score (nSPS) is 19.3. The van der Waals surface area contributed by atoms with E-state index in [9.17, 15) is 4.39 Å². The van der Waals surface area contributed by atoms with E-state index in [4.69, 9.17) is 0 Å². The number of hydrogen-bond donors (Lipinski definition) is 0. The Labute approximate surface area is 89.9 Å². The van der Waals surface area contributed by atoms with Gasteiger partial charge in [0.15, 0.2) is 0 Å². The molecule has 2 rings (SSSR count). The molecule has 0 saturated carbocycles. The zero-order valence-electron chi connectivity index (χ0n) is 9.57. The molecule has 0 radical (unpaired) electrons. The van der Waals surface area contributed by atoms with Gasteiger partial charge in [-0.2, -0.15) is 5.10 Å². The van der Waals surface area contributed by atoms with Crippen LogP contribution in [0.25, 0.3) is 0 Å². The largest absolute Gasteiger partial charge is 0.293 e. The Kier molecular flexibility index (Phi) is 2.78. The Bertz CT molecular complexity index is 344. The summed E-state index contributed by atoms with van der Waals surface area (Å²) in [5.41, 5.74) is 1.80. The molecule has 0 amide bonds. The lowest BCUT2D eigenvalue weighted by Gasteiger charge is -2.31. The van der Waals surface area contributed by atoms with Crippen LogP contribution in [0.1, 0.15) is 38.2 Å². The van der Waals surface area contributed by atoms with E-state index in [1.165, 1.54) is 0 Å². The molecule has 84 valence electrons. The summed E-state index contributed by atoms with van der Waals surface area (Å²) in [4.78, 5) is 2.35. The molecule has 1 aliphatic rings. The second-order valence-electron chi connectivity index (χ2n) is 4.45. The molecule has 4 heteroatoms. The smallest absolute Gasteiger partial charge is 0.126 e. The fourth-order valence-corrected chi connectivity index (χ4v) is 2.06. The summed E-state index contributed by atoms with van der Waals surface area (Å²) >= 11 is 0. The van der Waals surface area contributed by atoms with Crippen LogP contribution in [0.4, 0.5) is 4.39 Å². The maximum atomic E-state index is 13.3. The van der Waals surface area contributed by atoms with Gasteiger partial charge in [0.25, 0.3) is 0 Å². The zero-order chi connectivity index (χ0) is 11.0. The van der Waals surface area contributed by atoms with Gasteiger partial charge >= 0.3 is 0 Å².